The average Bonchev–Trinajstić information content (AvgIpc) is 3.06. The number of hydrogen-bond acceptors (Lipinski definition) is 3. The molecule has 3 unspecified atom stereocenters. The Labute approximate surface area is 184 Å². The molecule has 3 nitrogen and oxygen atoms in total. The second-order valence-corrected chi connectivity index (χ2v) is 12.2. The third-order valence-corrected chi connectivity index (χ3v) is 10.5. The first-order valence-corrected chi connectivity index (χ1v) is 12.9. The maximum absolute atomic E-state index is 11.3. The van der Waals surface area contributed by atoms with E-state index in [0.29, 0.717) is 35.7 Å². The summed E-state index contributed by atoms with van der Waals surface area (Å²) in [4.78, 5) is 0. The van der Waals surface area contributed by atoms with Crippen LogP contribution in [0.5, 0.6) is 0 Å². The molecule has 4 aliphatic carbocycles. The molecule has 0 amide bonds. The summed E-state index contributed by atoms with van der Waals surface area (Å²) in [5.74, 6) is 3.54. The van der Waals surface area contributed by atoms with Crippen molar-refractivity contribution in [2.75, 3.05) is 6.61 Å². The summed E-state index contributed by atoms with van der Waals surface area (Å²) in [6.07, 6.45) is 13.2. The second kappa shape index (κ2) is 8.52. The van der Waals surface area contributed by atoms with E-state index in [0.717, 1.165) is 37.5 Å². The van der Waals surface area contributed by atoms with Crippen LogP contribution in [0.2, 0.25) is 0 Å². The van der Waals surface area contributed by atoms with E-state index in [9.17, 15) is 15.3 Å². The van der Waals surface area contributed by atoms with Crippen LogP contribution < -0.4 is 0 Å². The molecule has 0 aliphatic heterocycles. The van der Waals surface area contributed by atoms with E-state index in [1.165, 1.54) is 44.1 Å². The van der Waals surface area contributed by atoms with E-state index in [1.54, 1.807) is 0 Å². The van der Waals surface area contributed by atoms with Crippen LogP contribution in [0.25, 0.3) is 0 Å². The molecule has 3 heteroatoms. The molecule has 3 fully saturated rings. The first kappa shape index (κ1) is 22.8. The molecule has 30 heavy (non-hydrogen) atoms. The quantitative estimate of drug-likeness (QED) is 0.511. The Balaban J connectivity index is 1.50. The van der Waals surface area contributed by atoms with Gasteiger partial charge in [-0.05, 0) is 97.7 Å². The van der Waals surface area contributed by atoms with Gasteiger partial charge in [0.25, 0.3) is 0 Å². The molecule has 0 aromatic rings. The lowest BCUT2D eigenvalue weighted by Crippen LogP contribution is -2.54. The van der Waals surface area contributed by atoms with Gasteiger partial charge in [-0.1, -0.05) is 52.2 Å². The van der Waals surface area contributed by atoms with Crippen molar-refractivity contribution in [3.8, 4) is 0 Å². The molecule has 3 N–H and O–H groups in total. The number of fused-ring (bicyclic) bond motifs is 5. The smallest absolute Gasteiger partial charge is 0.0757 e. The van der Waals surface area contributed by atoms with Gasteiger partial charge in [0, 0.05) is 6.61 Å². The summed E-state index contributed by atoms with van der Waals surface area (Å²) >= 11 is 0. The van der Waals surface area contributed by atoms with E-state index in [4.69, 9.17) is 0 Å². The fourth-order valence-electron chi connectivity index (χ4n) is 8.69. The molecule has 0 heterocycles. The highest BCUT2D eigenvalue weighted by atomic mass is 16.3. The highest BCUT2D eigenvalue weighted by Crippen LogP contribution is 2.67. The minimum absolute atomic E-state index is 0.189. The molecule has 0 radical (unpaired) electrons. The summed E-state index contributed by atoms with van der Waals surface area (Å²) in [6.45, 7) is 9.92. The van der Waals surface area contributed by atoms with Gasteiger partial charge in [0.2, 0.25) is 0 Å². The molecule has 0 aromatic heterocycles. The highest BCUT2D eigenvalue weighted by molar-refractivity contribution is 5.27. The maximum Gasteiger partial charge on any atom is 0.0757 e. The Morgan fingerprint density at radius 3 is 2.50 bits per heavy atom. The van der Waals surface area contributed by atoms with E-state index in [-0.39, 0.29) is 17.6 Å². The van der Waals surface area contributed by atoms with Crippen molar-refractivity contribution in [3.05, 3.63) is 11.6 Å². The number of aliphatic hydroxyl groups is 3. The summed E-state index contributed by atoms with van der Waals surface area (Å²) in [5, 5.41) is 30.8. The molecule has 10 atom stereocenters. The molecule has 4 aliphatic rings. The Bertz CT molecular complexity index is 644. The molecule has 0 spiro atoms. The Kier molecular flexibility index (Phi) is 6.48. The van der Waals surface area contributed by atoms with Crippen LogP contribution in [0.3, 0.4) is 0 Å². The Hall–Kier alpha value is -0.380. The van der Waals surface area contributed by atoms with Crippen molar-refractivity contribution in [2.24, 2.45) is 46.3 Å². The molecule has 4 rings (SSSR count). The normalized spacial score (nSPS) is 47.6. The predicted molar refractivity (Wildman–Crippen MR) is 122 cm³/mol. The fourth-order valence-corrected chi connectivity index (χ4v) is 8.69. The molecular weight excluding hydrogens is 372 g/mol. The van der Waals surface area contributed by atoms with Crippen LogP contribution in [0.1, 0.15) is 91.9 Å². The monoisotopic (exact) mass is 418 g/mol. The lowest BCUT2D eigenvalue weighted by atomic mass is 9.46. The Morgan fingerprint density at radius 1 is 1.00 bits per heavy atom. The average molecular weight is 419 g/mol. The third kappa shape index (κ3) is 3.71. The van der Waals surface area contributed by atoms with Gasteiger partial charge in [0.1, 0.15) is 0 Å². The van der Waals surface area contributed by atoms with E-state index < -0.39 is 0 Å². The summed E-state index contributed by atoms with van der Waals surface area (Å²) < 4.78 is 0. The van der Waals surface area contributed by atoms with Gasteiger partial charge in [-0.15, -0.1) is 0 Å². The molecule has 0 aromatic carbocycles. The van der Waals surface area contributed by atoms with Gasteiger partial charge < -0.3 is 15.3 Å². The van der Waals surface area contributed by atoms with Crippen LogP contribution in [0, 0.1) is 46.3 Å². The van der Waals surface area contributed by atoms with Crippen molar-refractivity contribution in [1.29, 1.82) is 0 Å². The summed E-state index contributed by atoms with van der Waals surface area (Å²) in [7, 11) is 0. The number of rotatable bonds is 6. The summed E-state index contributed by atoms with van der Waals surface area (Å²) in [6, 6.07) is 0. The topological polar surface area (TPSA) is 60.7 Å². The number of aliphatic hydroxyl groups excluding tert-OH is 3. The van der Waals surface area contributed by atoms with Gasteiger partial charge in [-0.25, -0.2) is 0 Å². The van der Waals surface area contributed by atoms with Crippen LogP contribution in [-0.4, -0.2) is 34.1 Å². The van der Waals surface area contributed by atoms with Crippen LogP contribution in [0.15, 0.2) is 11.6 Å². The Morgan fingerprint density at radius 2 is 1.77 bits per heavy atom. The first-order valence-electron chi connectivity index (χ1n) is 12.9. The third-order valence-electron chi connectivity index (χ3n) is 10.5. The van der Waals surface area contributed by atoms with Gasteiger partial charge in [-0.2, -0.15) is 0 Å². The van der Waals surface area contributed by atoms with Crippen molar-refractivity contribution in [3.63, 3.8) is 0 Å². The summed E-state index contributed by atoms with van der Waals surface area (Å²) in [5.41, 5.74) is 1.90. The molecular formula is C27H46O3. The van der Waals surface area contributed by atoms with Gasteiger partial charge in [0.05, 0.1) is 12.2 Å². The van der Waals surface area contributed by atoms with Crippen LogP contribution in [-0.2, 0) is 0 Å². The zero-order valence-corrected chi connectivity index (χ0v) is 19.8. The maximum atomic E-state index is 11.3. The van der Waals surface area contributed by atoms with Crippen molar-refractivity contribution in [2.45, 2.75) is 104 Å². The van der Waals surface area contributed by atoms with E-state index in [2.05, 4.69) is 33.8 Å². The lowest BCUT2D eigenvalue weighted by molar-refractivity contribution is -0.0971. The number of hydrogen-bond donors (Lipinski definition) is 3. The minimum Gasteiger partial charge on any atom is -0.396 e. The minimum atomic E-state index is -0.326. The zero-order valence-electron chi connectivity index (χ0n) is 19.8. The predicted octanol–water partition coefficient (Wildman–Crippen LogP) is 5.33. The molecule has 0 bridgehead atoms. The molecule has 172 valence electrons. The van der Waals surface area contributed by atoms with Crippen molar-refractivity contribution >= 4 is 0 Å². The lowest BCUT2D eigenvalue weighted by Gasteiger charge is -2.59. The standard InChI is InChI=1S/C27H46O3/c1-17(16-28)6-5-7-18(2)21-8-9-22-25-23(11-13-27(21,22)4)26(3)12-10-20(29)14-19(26)15-24(25)30/h15,17-18,20-25,28-30H,5-14,16H2,1-4H3/t17?,18?,20-,21+,22-,23-,24+,25?,26-,27+/m0/s1. The van der Waals surface area contributed by atoms with Gasteiger partial charge >= 0.3 is 0 Å². The largest absolute Gasteiger partial charge is 0.396 e. The second-order valence-electron chi connectivity index (χ2n) is 12.2. The van der Waals surface area contributed by atoms with E-state index >= 15 is 0 Å². The fraction of sp³-hybridized carbons (Fsp3) is 0.926. The van der Waals surface area contributed by atoms with Crippen LogP contribution in [0.4, 0.5) is 0 Å². The van der Waals surface area contributed by atoms with Crippen molar-refractivity contribution < 1.29 is 15.3 Å². The highest BCUT2D eigenvalue weighted by Gasteiger charge is 2.61. The zero-order chi connectivity index (χ0) is 21.7. The van der Waals surface area contributed by atoms with Gasteiger partial charge in [-0.3, -0.25) is 0 Å². The van der Waals surface area contributed by atoms with E-state index in [1.807, 2.05) is 0 Å². The molecule has 0 saturated heterocycles. The van der Waals surface area contributed by atoms with Crippen LogP contribution >= 0.6 is 0 Å². The molecule has 3 saturated carbocycles. The van der Waals surface area contributed by atoms with Gasteiger partial charge in [0.15, 0.2) is 0 Å². The van der Waals surface area contributed by atoms with Crippen molar-refractivity contribution in [1.82, 2.24) is 0 Å². The first-order chi connectivity index (χ1) is 14.2. The SMILES string of the molecule is CC(CO)CCCC(C)[C@H]1CC[C@H]2C3[C@H](O)C=C4C[C@@H](O)CC[C@]4(C)[C@H]3CC[C@]12C.